The van der Waals surface area contributed by atoms with E-state index in [2.05, 4.69) is 24.8 Å². The second kappa shape index (κ2) is 7.01. The van der Waals surface area contributed by atoms with Crippen LogP contribution >= 0.6 is 0 Å². The van der Waals surface area contributed by atoms with E-state index in [0.29, 0.717) is 18.2 Å². The fourth-order valence-corrected chi connectivity index (χ4v) is 3.46. The highest BCUT2D eigenvalue weighted by Gasteiger charge is 2.20. The predicted octanol–water partition coefficient (Wildman–Crippen LogP) is 2.91. The van der Waals surface area contributed by atoms with Gasteiger partial charge in [0.05, 0.1) is 11.9 Å². The first-order chi connectivity index (χ1) is 12.3. The van der Waals surface area contributed by atoms with Gasteiger partial charge in [0, 0.05) is 31.2 Å². The van der Waals surface area contributed by atoms with Crippen molar-refractivity contribution in [3.63, 3.8) is 0 Å². The van der Waals surface area contributed by atoms with Crippen molar-refractivity contribution in [2.75, 3.05) is 6.54 Å². The summed E-state index contributed by atoms with van der Waals surface area (Å²) in [6.45, 7) is 0.581. The Balaban J connectivity index is 1.43. The second-order valence-corrected chi connectivity index (χ2v) is 6.52. The summed E-state index contributed by atoms with van der Waals surface area (Å²) >= 11 is 0. The molecule has 0 unspecified atom stereocenters. The van der Waals surface area contributed by atoms with Crippen molar-refractivity contribution >= 4 is 17.1 Å². The summed E-state index contributed by atoms with van der Waals surface area (Å²) in [6.07, 6.45) is 12.7. The van der Waals surface area contributed by atoms with E-state index < -0.39 is 0 Å². The molecule has 0 aliphatic heterocycles. The Hall–Kier alpha value is -2.76. The van der Waals surface area contributed by atoms with Crippen LogP contribution in [0.2, 0.25) is 0 Å². The highest BCUT2D eigenvalue weighted by atomic mass is 16.1. The van der Waals surface area contributed by atoms with Crippen LogP contribution in [0.4, 0.5) is 0 Å². The molecule has 0 radical (unpaired) electrons. The summed E-state index contributed by atoms with van der Waals surface area (Å²) in [6, 6.07) is 6.23. The molecule has 1 N–H and O–H groups in total. The molecule has 1 fully saturated rings. The van der Waals surface area contributed by atoms with Crippen LogP contribution < -0.4 is 5.32 Å². The van der Waals surface area contributed by atoms with Gasteiger partial charge < -0.3 is 9.88 Å². The van der Waals surface area contributed by atoms with Gasteiger partial charge in [-0.25, -0.2) is 9.97 Å². The summed E-state index contributed by atoms with van der Waals surface area (Å²) in [7, 11) is 0. The number of nitrogens with one attached hydrogen (secondary N) is 1. The summed E-state index contributed by atoms with van der Waals surface area (Å²) in [5.74, 6) is -0.112. The van der Waals surface area contributed by atoms with Crippen molar-refractivity contribution in [1.29, 1.82) is 0 Å². The van der Waals surface area contributed by atoms with Gasteiger partial charge in [-0.2, -0.15) is 0 Å². The zero-order chi connectivity index (χ0) is 17.1. The number of rotatable bonds is 5. The van der Waals surface area contributed by atoms with Gasteiger partial charge in [0.25, 0.3) is 5.91 Å². The number of nitrogens with zero attached hydrogens (tertiary/aromatic N) is 4. The van der Waals surface area contributed by atoms with E-state index >= 15 is 0 Å². The molecule has 1 saturated carbocycles. The number of carbonyl (C=O) groups excluding carboxylic acids is 1. The lowest BCUT2D eigenvalue weighted by atomic mass is 10.2. The molecule has 6 heteroatoms. The summed E-state index contributed by atoms with van der Waals surface area (Å²) < 4.78 is 2.16. The Morgan fingerprint density at radius 3 is 2.80 bits per heavy atom. The van der Waals surface area contributed by atoms with E-state index in [1.807, 2.05) is 24.5 Å². The average Bonchev–Trinajstić information content (AvgIpc) is 3.31. The maximum Gasteiger partial charge on any atom is 0.252 e. The summed E-state index contributed by atoms with van der Waals surface area (Å²) in [5, 5.41) is 2.94. The molecule has 0 bridgehead atoms. The monoisotopic (exact) mass is 335 g/mol. The van der Waals surface area contributed by atoms with Crippen molar-refractivity contribution in [3.8, 4) is 0 Å². The number of carbonyl (C=O) groups is 1. The van der Waals surface area contributed by atoms with E-state index in [4.69, 9.17) is 0 Å². The molecule has 1 aliphatic carbocycles. The minimum absolute atomic E-state index is 0.112. The third-order valence-corrected chi connectivity index (χ3v) is 4.84. The molecule has 4 rings (SSSR count). The van der Waals surface area contributed by atoms with Crippen molar-refractivity contribution in [3.05, 3.63) is 54.2 Å². The lowest BCUT2D eigenvalue weighted by Gasteiger charge is -2.11. The molecule has 6 nitrogen and oxygen atoms in total. The summed E-state index contributed by atoms with van der Waals surface area (Å²) in [5.41, 5.74) is 3.37. The molecule has 0 spiro atoms. The highest BCUT2D eigenvalue weighted by Crippen LogP contribution is 2.31. The molecule has 25 heavy (non-hydrogen) atoms. The van der Waals surface area contributed by atoms with Crippen LogP contribution in [0.15, 0.2) is 43.1 Å². The first kappa shape index (κ1) is 15.7. The number of aromatic nitrogens is 4. The largest absolute Gasteiger partial charge is 0.352 e. The van der Waals surface area contributed by atoms with Crippen LogP contribution in [0.1, 0.15) is 47.6 Å². The van der Waals surface area contributed by atoms with Gasteiger partial charge in [-0.15, -0.1) is 0 Å². The van der Waals surface area contributed by atoms with Crippen molar-refractivity contribution in [2.24, 2.45) is 0 Å². The quantitative estimate of drug-likeness (QED) is 0.778. The van der Waals surface area contributed by atoms with Crippen LogP contribution in [0.3, 0.4) is 0 Å². The number of imidazole rings is 1. The Labute approximate surface area is 146 Å². The van der Waals surface area contributed by atoms with Crippen LogP contribution in [-0.4, -0.2) is 32.0 Å². The second-order valence-electron chi connectivity index (χ2n) is 6.52. The Morgan fingerprint density at radius 1 is 1.20 bits per heavy atom. The first-order valence-corrected chi connectivity index (χ1v) is 8.81. The molecule has 3 aromatic heterocycles. The van der Waals surface area contributed by atoms with Gasteiger partial charge in [-0.05, 0) is 43.0 Å². The maximum absolute atomic E-state index is 12.3. The average molecular weight is 335 g/mol. The molecule has 3 aromatic rings. The fourth-order valence-electron chi connectivity index (χ4n) is 3.46. The number of fused-ring (bicyclic) bond motifs is 1. The van der Waals surface area contributed by atoms with Gasteiger partial charge in [0.15, 0.2) is 5.65 Å². The van der Waals surface area contributed by atoms with Gasteiger partial charge in [-0.3, -0.25) is 9.78 Å². The minimum atomic E-state index is -0.112. The van der Waals surface area contributed by atoms with E-state index in [-0.39, 0.29) is 5.91 Å². The lowest BCUT2D eigenvalue weighted by Crippen LogP contribution is -2.25. The standard InChI is InChI=1S/C19H21N5O/c25-19(21-10-7-14-5-8-20-9-6-14)15-11-17-18(22-12-15)24(13-23-17)16-3-1-2-4-16/h5-6,8-9,11-13,16H,1-4,7,10H2,(H,21,25). The van der Waals surface area contributed by atoms with E-state index in [0.717, 1.165) is 23.1 Å². The topological polar surface area (TPSA) is 72.7 Å². The molecule has 0 saturated heterocycles. The molecule has 0 aromatic carbocycles. The van der Waals surface area contributed by atoms with Gasteiger partial charge in [-0.1, -0.05) is 12.8 Å². The number of amides is 1. The number of hydrogen-bond acceptors (Lipinski definition) is 4. The lowest BCUT2D eigenvalue weighted by molar-refractivity contribution is 0.0954. The molecule has 1 amide bonds. The van der Waals surface area contributed by atoms with E-state index in [1.165, 1.54) is 25.7 Å². The number of pyridine rings is 2. The zero-order valence-electron chi connectivity index (χ0n) is 14.1. The Morgan fingerprint density at radius 2 is 2.00 bits per heavy atom. The molecular weight excluding hydrogens is 314 g/mol. The van der Waals surface area contributed by atoms with Crippen LogP contribution in [0, 0.1) is 0 Å². The minimum Gasteiger partial charge on any atom is -0.352 e. The predicted molar refractivity (Wildman–Crippen MR) is 95.3 cm³/mol. The normalized spacial score (nSPS) is 14.9. The Bertz CT molecular complexity index is 868. The molecular formula is C19H21N5O. The zero-order valence-corrected chi connectivity index (χ0v) is 14.1. The molecule has 0 atom stereocenters. The smallest absolute Gasteiger partial charge is 0.252 e. The number of hydrogen-bond donors (Lipinski definition) is 1. The molecule has 3 heterocycles. The van der Waals surface area contributed by atoms with Crippen molar-refractivity contribution < 1.29 is 4.79 Å². The third-order valence-electron chi connectivity index (χ3n) is 4.84. The molecule has 1 aliphatic rings. The first-order valence-electron chi connectivity index (χ1n) is 8.81. The van der Waals surface area contributed by atoms with Gasteiger partial charge in [0.1, 0.15) is 5.52 Å². The maximum atomic E-state index is 12.3. The highest BCUT2D eigenvalue weighted by molar-refractivity contribution is 5.96. The van der Waals surface area contributed by atoms with Crippen molar-refractivity contribution in [1.82, 2.24) is 24.8 Å². The van der Waals surface area contributed by atoms with Crippen LogP contribution in [0.25, 0.3) is 11.2 Å². The summed E-state index contributed by atoms with van der Waals surface area (Å²) in [4.78, 5) is 25.3. The van der Waals surface area contributed by atoms with Gasteiger partial charge in [0.2, 0.25) is 0 Å². The third kappa shape index (κ3) is 3.38. The van der Waals surface area contributed by atoms with Crippen molar-refractivity contribution in [2.45, 2.75) is 38.1 Å². The molecule has 128 valence electrons. The van der Waals surface area contributed by atoms with Crippen LogP contribution in [-0.2, 0) is 6.42 Å². The van der Waals surface area contributed by atoms with E-state index in [9.17, 15) is 4.79 Å². The Kier molecular flexibility index (Phi) is 4.41. The SMILES string of the molecule is O=C(NCCc1ccncc1)c1cnc2c(c1)ncn2C1CCCC1. The fraction of sp³-hybridized carbons (Fsp3) is 0.368. The van der Waals surface area contributed by atoms with Gasteiger partial charge >= 0.3 is 0 Å². The van der Waals surface area contributed by atoms with Crippen LogP contribution in [0.5, 0.6) is 0 Å². The van der Waals surface area contributed by atoms with E-state index in [1.54, 1.807) is 18.6 Å².